The highest BCUT2D eigenvalue weighted by molar-refractivity contribution is 6.74. The molecule has 32 heavy (non-hydrogen) atoms. The molecule has 0 aromatic carbocycles. The van der Waals surface area contributed by atoms with E-state index in [0.29, 0.717) is 0 Å². The van der Waals surface area contributed by atoms with Gasteiger partial charge in [0.05, 0.1) is 24.4 Å². The summed E-state index contributed by atoms with van der Waals surface area (Å²) >= 11 is 0. The number of rotatable bonds is 13. The Bertz CT molecular complexity index is 586. The molecular weight excluding hydrogens is 442 g/mol. The quantitative estimate of drug-likeness (QED) is 0.343. The zero-order chi connectivity index (χ0) is 24.5. The summed E-state index contributed by atoms with van der Waals surface area (Å²) in [4.78, 5) is 25.0. The van der Waals surface area contributed by atoms with E-state index in [1.165, 1.54) is 6.92 Å². The molecule has 0 aromatic rings. The number of hydrogen-bond donors (Lipinski definition) is 3. The number of carbonyl (C=O) groups excluding carboxylic acids is 2. The van der Waals surface area contributed by atoms with E-state index in [1.54, 1.807) is 7.05 Å². The van der Waals surface area contributed by atoms with Gasteiger partial charge in [-0.2, -0.15) is 0 Å². The molecule has 188 valence electrons. The molecule has 0 saturated carbocycles. The van der Waals surface area contributed by atoms with Crippen LogP contribution >= 0.6 is 0 Å². The van der Waals surface area contributed by atoms with Crippen LogP contribution in [-0.2, 0) is 23.2 Å². The first-order valence-electron chi connectivity index (χ1n) is 12.4. The zero-order valence-corrected chi connectivity index (χ0v) is 23.5. The highest BCUT2D eigenvalue weighted by Crippen LogP contribution is 2.35. The van der Waals surface area contributed by atoms with Crippen molar-refractivity contribution < 1.29 is 23.2 Å². The maximum Gasteiger partial charge on any atom is 0.251 e. The molecule has 1 aliphatic heterocycles. The first kappa shape index (κ1) is 29.2. The summed E-state index contributed by atoms with van der Waals surface area (Å²) in [5.74, 6) is -0.524. The second-order valence-corrected chi connectivity index (χ2v) is 18.3. The minimum absolute atomic E-state index is 0.214. The minimum Gasteiger partial charge on any atom is -0.409 e. The Balaban J connectivity index is 3.61. The van der Waals surface area contributed by atoms with Gasteiger partial charge >= 0.3 is 0 Å². The fraction of sp³-hybridized carbons (Fsp3) is 0.909. The maximum absolute atomic E-state index is 12.8. The third-order valence-electron chi connectivity index (χ3n) is 7.44. The second kappa shape index (κ2) is 13.2. The standard InChI is InChI=1S/C22H47N3O5Si2/c1-9-31(10-2,11-3)29-19-17(15-23)28-21(22(27)24-8)18(25-16(7)26)20(19)30-32(12-4,13-5)14-6/h17-21H,9-15,23H2,1-8H3,(H,24,27)(H,25,26)/t17-,18+,19-,20-,21-/m1/s1. The topological polar surface area (TPSA) is 112 Å². The molecule has 1 fully saturated rings. The predicted octanol–water partition coefficient (Wildman–Crippen LogP) is 2.74. The summed E-state index contributed by atoms with van der Waals surface area (Å²) in [5, 5.41) is 5.65. The molecule has 2 amide bonds. The van der Waals surface area contributed by atoms with Crippen LogP contribution in [0.1, 0.15) is 48.5 Å². The van der Waals surface area contributed by atoms with Crippen LogP contribution in [0.3, 0.4) is 0 Å². The van der Waals surface area contributed by atoms with E-state index in [-0.39, 0.29) is 18.4 Å². The van der Waals surface area contributed by atoms with Crippen molar-refractivity contribution in [2.75, 3.05) is 13.6 Å². The summed E-state index contributed by atoms with van der Waals surface area (Å²) in [6.07, 6.45) is -2.30. The average Bonchev–Trinajstić information content (AvgIpc) is 2.81. The predicted molar refractivity (Wildman–Crippen MR) is 134 cm³/mol. The van der Waals surface area contributed by atoms with Gasteiger partial charge < -0.3 is 30.0 Å². The van der Waals surface area contributed by atoms with Gasteiger partial charge in [-0.15, -0.1) is 0 Å². The molecular formula is C22H47N3O5Si2. The lowest BCUT2D eigenvalue weighted by Gasteiger charge is -2.51. The largest absolute Gasteiger partial charge is 0.409 e. The summed E-state index contributed by atoms with van der Waals surface area (Å²) in [5.41, 5.74) is 6.16. The van der Waals surface area contributed by atoms with Gasteiger partial charge in [-0.05, 0) is 36.3 Å². The van der Waals surface area contributed by atoms with Gasteiger partial charge in [0.25, 0.3) is 5.91 Å². The number of nitrogens with one attached hydrogen (secondary N) is 2. The van der Waals surface area contributed by atoms with Crippen molar-refractivity contribution in [3.8, 4) is 0 Å². The fourth-order valence-electron chi connectivity index (χ4n) is 4.75. The van der Waals surface area contributed by atoms with Gasteiger partial charge in [0, 0.05) is 20.5 Å². The number of amides is 2. The third-order valence-corrected chi connectivity index (χ3v) is 16.7. The number of ether oxygens (including phenoxy) is 1. The monoisotopic (exact) mass is 489 g/mol. The van der Waals surface area contributed by atoms with E-state index in [0.717, 1.165) is 36.3 Å². The Morgan fingerprint density at radius 3 is 1.66 bits per heavy atom. The molecule has 0 aliphatic carbocycles. The lowest BCUT2D eigenvalue weighted by Crippen LogP contribution is -2.71. The van der Waals surface area contributed by atoms with E-state index in [1.807, 2.05) is 0 Å². The lowest BCUT2D eigenvalue weighted by molar-refractivity contribution is -0.181. The van der Waals surface area contributed by atoms with Crippen LogP contribution in [-0.4, -0.2) is 72.5 Å². The van der Waals surface area contributed by atoms with Crippen LogP contribution in [0.25, 0.3) is 0 Å². The highest BCUT2D eigenvalue weighted by atomic mass is 28.4. The second-order valence-electron chi connectivity index (χ2n) is 8.82. The molecule has 0 unspecified atom stereocenters. The van der Waals surface area contributed by atoms with Crippen LogP contribution in [0.15, 0.2) is 0 Å². The molecule has 10 heteroatoms. The number of nitrogens with two attached hydrogens (primary N) is 1. The molecule has 1 rings (SSSR count). The number of likely N-dealkylation sites (N-methyl/N-ethyl adjacent to an activating group) is 1. The zero-order valence-electron chi connectivity index (χ0n) is 21.5. The molecule has 0 radical (unpaired) electrons. The smallest absolute Gasteiger partial charge is 0.251 e. The molecule has 0 bridgehead atoms. The normalized spacial score (nSPS) is 26.6. The van der Waals surface area contributed by atoms with E-state index in [4.69, 9.17) is 19.3 Å². The van der Waals surface area contributed by atoms with Crippen molar-refractivity contribution in [2.24, 2.45) is 5.73 Å². The first-order chi connectivity index (χ1) is 15.1. The summed E-state index contributed by atoms with van der Waals surface area (Å²) < 4.78 is 20.2. The molecule has 1 aliphatic rings. The summed E-state index contributed by atoms with van der Waals surface area (Å²) in [6, 6.07) is 5.13. The average molecular weight is 490 g/mol. The molecule has 5 atom stereocenters. The Labute approximate surface area is 197 Å². The van der Waals surface area contributed by atoms with E-state index in [9.17, 15) is 9.59 Å². The van der Waals surface area contributed by atoms with Gasteiger partial charge in [-0.1, -0.05) is 41.5 Å². The van der Waals surface area contributed by atoms with Gasteiger partial charge in [0.15, 0.2) is 22.7 Å². The number of hydrogen-bond acceptors (Lipinski definition) is 6. The van der Waals surface area contributed by atoms with E-state index < -0.39 is 47.1 Å². The van der Waals surface area contributed by atoms with Gasteiger partial charge in [0.1, 0.15) is 0 Å². The van der Waals surface area contributed by atoms with Crippen LogP contribution in [0, 0.1) is 0 Å². The van der Waals surface area contributed by atoms with Crippen molar-refractivity contribution in [3.63, 3.8) is 0 Å². The lowest BCUT2D eigenvalue weighted by atomic mass is 9.92. The molecule has 0 spiro atoms. The highest BCUT2D eigenvalue weighted by Gasteiger charge is 2.53. The van der Waals surface area contributed by atoms with Crippen molar-refractivity contribution in [1.29, 1.82) is 0 Å². The minimum atomic E-state index is -2.11. The van der Waals surface area contributed by atoms with Gasteiger partial charge in [0.2, 0.25) is 5.91 Å². The Morgan fingerprint density at radius 2 is 1.31 bits per heavy atom. The van der Waals surface area contributed by atoms with Crippen LogP contribution in [0.2, 0.25) is 36.3 Å². The fourth-order valence-corrected chi connectivity index (χ4v) is 10.5. The van der Waals surface area contributed by atoms with Gasteiger partial charge in [-0.25, -0.2) is 0 Å². The van der Waals surface area contributed by atoms with Gasteiger partial charge in [-0.3, -0.25) is 9.59 Å². The van der Waals surface area contributed by atoms with Crippen LogP contribution < -0.4 is 16.4 Å². The molecule has 1 saturated heterocycles. The Morgan fingerprint density at radius 1 is 0.875 bits per heavy atom. The van der Waals surface area contributed by atoms with Crippen molar-refractivity contribution in [2.45, 2.75) is 115 Å². The molecule has 8 nitrogen and oxygen atoms in total. The third kappa shape index (κ3) is 6.63. The Hall–Kier alpha value is -0.786. The van der Waals surface area contributed by atoms with E-state index in [2.05, 4.69) is 52.2 Å². The van der Waals surface area contributed by atoms with Crippen molar-refractivity contribution in [1.82, 2.24) is 10.6 Å². The van der Waals surface area contributed by atoms with E-state index >= 15 is 0 Å². The van der Waals surface area contributed by atoms with Crippen LogP contribution in [0.5, 0.6) is 0 Å². The van der Waals surface area contributed by atoms with Crippen LogP contribution in [0.4, 0.5) is 0 Å². The first-order valence-corrected chi connectivity index (χ1v) is 17.4. The Kier molecular flexibility index (Phi) is 12.1. The SMILES string of the molecule is CC[Si](CC)(CC)O[C@@H]1[C@H](NC(C)=O)[C@H](C(=O)NC)O[C@H](CN)[C@H]1O[Si](CC)(CC)CC. The van der Waals surface area contributed by atoms with Crippen molar-refractivity contribution in [3.05, 3.63) is 0 Å². The molecule has 0 aromatic heterocycles. The van der Waals surface area contributed by atoms with Crippen molar-refractivity contribution >= 4 is 28.4 Å². The molecule has 4 N–H and O–H groups in total. The summed E-state index contributed by atoms with van der Waals surface area (Å²) in [6.45, 7) is 14.7. The maximum atomic E-state index is 12.8. The summed E-state index contributed by atoms with van der Waals surface area (Å²) in [7, 11) is -2.59. The molecule has 1 heterocycles. The number of carbonyl (C=O) groups is 2.